The summed E-state index contributed by atoms with van der Waals surface area (Å²) in [5, 5.41) is 2.16. The van der Waals surface area contributed by atoms with Crippen molar-refractivity contribution >= 4 is 16.6 Å². The summed E-state index contributed by atoms with van der Waals surface area (Å²) in [7, 11) is 1.66. The first-order valence-corrected chi connectivity index (χ1v) is 6.60. The van der Waals surface area contributed by atoms with Crippen LogP contribution >= 0.6 is 0 Å². The van der Waals surface area contributed by atoms with Crippen molar-refractivity contribution in [1.82, 2.24) is 0 Å². The summed E-state index contributed by atoms with van der Waals surface area (Å²) in [5.41, 5.74) is 0.477. The molecule has 2 nitrogen and oxygen atoms in total. The maximum Gasteiger partial charge on any atom is 0.168 e. The SMILES string of the molecule is CCC(C)(C)C(=O)c1ccc2cc(OC)ccc2c1. The molecule has 0 saturated carbocycles. The molecule has 0 aliphatic rings. The fraction of sp³-hybridized carbons (Fsp3) is 0.353. The van der Waals surface area contributed by atoms with Gasteiger partial charge in [-0.3, -0.25) is 4.79 Å². The van der Waals surface area contributed by atoms with E-state index in [4.69, 9.17) is 4.74 Å². The van der Waals surface area contributed by atoms with E-state index in [2.05, 4.69) is 0 Å². The Morgan fingerprint density at radius 2 is 1.74 bits per heavy atom. The molecule has 2 aromatic carbocycles. The third kappa shape index (κ3) is 2.62. The second-order valence-electron chi connectivity index (χ2n) is 5.49. The van der Waals surface area contributed by atoms with Crippen LogP contribution in [0.4, 0.5) is 0 Å². The van der Waals surface area contributed by atoms with Crippen LogP contribution in [-0.4, -0.2) is 12.9 Å². The van der Waals surface area contributed by atoms with E-state index in [1.54, 1.807) is 7.11 Å². The molecule has 0 heterocycles. The summed E-state index contributed by atoms with van der Waals surface area (Å²) < 4.78 is 5.20. The first-order valence-electron chi connectivity index (χ1n) is 6.60. The van der Waals surface area contributed by atoms with Crippen molar-refractivity contribution in [3.05, 3.63) is 42.0 Å². The van der Waals surface area contributed by atoms with Gasteiger partial charge in [0.15, 0.2) is 5.78 Å². The van der Waals surface area contributed by atoms with Gasteiger partial charge in [-0.05, 0) is 35.4 Å². The Morgan fingerprint density at radius 3 is 2.37 bits per heavy atom. The Labute approximate surface area is 114 Å². The molecule has 0 aromatic heterocycles. The molecule has 0 spiro atoms. The van der Waals surface area contributed by atoms with Crippen LogP contribution in [0.1, 0.15) is 37.6 Å². The molecule has 19 heavy (non-hydrogen) atoms. The van der Waals surface area contributed by atoms with Gasteiger partial charge in [-0.1, -0.05) is 39.0 Å². The number of hydrogen-bond donors (Lipinski definition) is 0. The number of carbonyl (C=O) groups excluding carboxylic acids is 1. The zero-order chi connectivity index (χ0) is 14.0. The van der Waals surface area contributed by atoms with Gasteiger partial charge in [0.2, 0.25) is 0 Å². The molecule has 2 aromatic rings. The largest absolute Gasteiger partial charge is 0.497 e. The highest BCUT2D eigenvalue weighted by molar-refractivity contribution is 6.03. The van der Waals surface area contributed by atoms with Crippen LogP contribution in [0.25, 0.3) is 10.8 Å². The van der Waals surface area contributed by atoms with Crippen molar-refractivity contribution in [2.45, 2.75) is 27.2 Å². The molecule has 0 aliphatic carbocycles. The molecule has 100 valence electrons. The van der Waals surface area contributed by atoms with Gasteiger partial charge in [0.1, 0.15) is 5.75 Å². The van der Waals surface area contributed by atoms with Gasteiger partial charge in [0.05, 0.1) is 7.11 Å². The van der Waals surface area contributed by atoms with E-state index in [9.17, 15) is 4.79 Å². The van der Waals surface area contributed by atoms with Crippen LogP contribution in [0.2, 0.25) is 0 Å². The van der Waals surface area contributed by atoms with Gasteiger partial charge in [-0.25, -0.2) is 0 Å². The van der Waals surface area contributed by atoms with Crippen molar-refractivity contribution in [2.75, 3.05) is 7.11 Å². The van der Waals surface area contributed by atoms with E-state index >= 15 is 0 Å². The van der Waals surface area contributed by atoms with Crippen molar-refractivity contribution < 1.29 is 9.53 Å². The van der Waals surface area contributed by atoms with E-state index < -0.39 is 0 Å². The fourth-order valence-corrected chi connectivity index (χ4v) is 2.04. The first-order chi connectivity index (χ1) is 8.97. The molecule has 0 N–H and O–H groups in total. The lowest BCUT2D eigenvalue weighted by Crippen LogP contribution is -2.23. The van der Waals surface area contributed by atoms with Crippen LogP contribution in [0, 0.1) is 5.41 Å². The summed E-state index contributed by atoms with van der Waals surface area (Å²) in [6.07, 6.45) is 0.840. The standard InChI is InChI=1S/C17H20O2/c1-5-17(2,3)16(18)14-7-6-13-11-15(19-4)9-8-12(13)10-14/h6-11H,5H2,1-4H3. The van der Waals surface area contributed by atoms with Gasteiger partial charge in [-0.2, -0.15) is 0 Å². The van der Waals surface area contributed by atoms with Crippen molar-refractivity contribution in [1.29, 1.82) is 0 Å². The Hall–Kier alpha value is -1.83. The monoisotopic (exact) mass is 256 g/mol. The molecular weight excluding hydrogens is 236 g/mol. The Kier molecular flexibility index (Phi) is 3.61. The van der Waals surface area contributed by atoms with Crippen molar-refractivity contribution in [3.63, 3.8) is 0 Å². The zero-order valence-corrected chi connectivity index (χ0v) is 12.0. The highest BCUT2D eigenvalue weighted by Gasteiger charge is 2.26. The normalized spacial score (nSPS) is 11.6. The van der Waals surface area contributed by atoms with Gasteiger partial charge in [0.25, 0.3) is 0 Å². The molecule has 0 unspecified atom stereocenters. The van der Waals surface area contributed by atoms with Gasteiger partial charge in [-0.15, -0.1) is 0 Å². The van der Waals surface area contributed by atoms with Crippen LogP contribution in [0.3, 0.4) is 0 Å². The van der Waals surface area contributed by atoms with Gasteiger partial charge >= 0.3 is 0 Å². The topological polar surface area (TPSA) is 26.3 Å². The van der Waals surface area contributed by atoms with E-state index in [1.165, 1.54) is 0 Å². The Morgan fingerprint density at radius 1 is 1.11 bits per heavy atom. The lowest BCUT2D eigenvalue weighted by molar-refractivity contribution is 0.0833. The number of rotatable bonds is 4. The van der Waals surface area contributed by atoms with Crippen LogP contribution in [0.5, 0.6) is 5.75 Å². The maximum atomic E-state index is 12.4. The van der Waals surface area contributed by atoms with E-state index in [-0.39, 0.29) is 11.2 Å². The molecule has 2 heteroatoms. The quantitative estimate of drug-likeness (QED) is 0.754. The third-order valence-electron chi connectivity index (χ3n) is 3.81. The van der Waals surface area contributed by atoms with Crippen molar-refractivity contribution in [2.24, 2.45) is 5.41 Å². The number of hydrogen-bond acceptors (Lipinski definition) is 2. The molecule has 0 bridgehead atoms. The highest BCUT2D eigenvalue weighted by Crippen LogP contribution is 2.28. The molecule has 0 saturated heterocycles. The van der Waals surface area contributed by atoms with Crippen molar-refractivity contribution in [3.8, 4) is 5.75 Å². The average molecular weight is 256 g/mol. The molecule has 0 atom stereocenters. The summed E-state index contributed by atoms with van der Waals surface area (Å²) >= 11 is 0. The first kappa shape index (κ1) is 13.6. The lowest BCUT2D eigenvalue weighted by atomic mass is 9.81. The maximum absolute atomic E-state index is 12.4. The van der Waals surface area contributed by atoms with Crippen LogP contribution in [-0.2, 0) is 0 Å². The van der Waals surface area contributed by atoms with Crippen LogP contribution in [0.15, 0.2) is 36.4 Å². The predicted octanol–water partition coefficient (Wildman–Crippen LogP) is 4.47. The molecule has 2 rings (SSSR count). The minimum absolute atomic E-state index is 0.202. The zero-order valence-electron chi connectivity index (χ0n) is 12.0. The average Bonchev–Trinajstić information content (AvgIpc) is 2.45. The lowest BCUT2D eigenvalue weighted by Gasteiger charge is -2.21. The number of ketones is 1. The summed E-state index contributed by atoms with van der Waals surface area (Å²) in [6, 6.07) is 11.7. The van der Waals surface area contributed by atoms with E-state index in [0.29, 0.717) is 0 Å². The highest BCUT2D eigenvalue weighted by atomic mass is 16.5. The number of carbonyl (C=O) groups is 1. The Bertz CT molecular complexity index is 612. The number of methoxy groups -OCH3 is 1. The predicted molar refractivity (Wildman–Crippen MR) is 78.9 cm³/mol. The van der Waals surface area contributed by atoms with Gasteiger partial charge < -0.3 is 4.74 Å². The van der Waals surface area contributed by atoms with E-state index in [0.717, 1.165) is 28.5 Å². The minimum Gasteiger partial charge on any atom is -0.497 e. The number of benzene rings is 2. The number of ether oxygens (including phenoxy) is 1. The molecule has 0 radical (unpaired) electrons. The van der Waals surface area contributed by atoms with Crippen LogP contribution < -0.4 is 4.74 Å². The fourth-order valence-electron chi connectivity index (χ4n) is 2.04. The minimum atomic E-state index is -0.305. The van der Waals surface area contributed by atoms with Gasteiger partial charge in [0, 0.05) is 11.0 Å². The second-order valence-corrected chi connectivity index (χ2v) is 5.49. The summed E-state index contributed by atoms with van der Waals surface area (Å²) in [6.45, 7) is 6.03. The molecular formula is C17H20O2. The second kappa shape index (κ2) is 5.04. The summed E-state index contributed by atoms with van der Waals surface area (Å²) in [5.74, 6) is 1.04. The Balaban J connectivity index is 2.45. The number of fused-ring (bicyclic) bond motifs is 1. The molecule has 0 aliphatic heterocycles. The third-order valence-corrected chi connectivity index (χ3v) is 3.81. The van der Waals surface area contributed by atoms with E-state index in [1.807, 2.05) is 57.2 Å². The molecule has 0 amide bonds. The molecule has 0 fully saturated rings. The number of Topliss-reactive ketones (excluding diaryl/α,β-unsaturated/α-hetero) is 1. The smallest absolute Gasteiger partial charge is 0.168 e. The summed E-state index contributed by atoms with van der Waals surface area (Å²) in [4.78, 5) is 12.4.